The molecule has 24 heavy (non-hydrogen) atoms. The molecule has 2 rings (SSSR count). The fraction of sp³-hybridized carbons (Fsp3) is 0.632. The molecule has 1 aliphatic heterocycles. The Bertz CT molecular complexity index is 492. The molecule has 0 radical (unpaired) electrons. The fourth-order valence-electron chi connectivity index (χ4n) is 3.16. The van der Waals surface area contributed by atoms with E-state index >= 15 is 0 Å². The lowest BCUT2D eigenvalue weighted by atomic mass is 10.1. The number of rotatable bonds is 8. The maximum atomic E-state index is 12.2. The van der Waals surface area contributed by atoms with Crippen molar-refractivity contribution in [3.05, 3.63) is 29.8 Å². The first kappa shape index (κ1) is 18.7. The average Bonchev–Trinajstić information content (AvgIpc) is 2.62. The van der Waals surface area contributed by atoms with Crippen LogP contribution >= 0.6 is 0 Å². The lowest BCUT2D eigenvalue weighted by Gasteiger charge is -2.29. The van der Waals surface area contributed by atoms with Crippen LogP contribution in [0.25, 0.3) is 0 Å². The predicted molar refractivity (Wildman–Crippen MR) is 98.6 cm³/mol. The van der Waals surface area contributed by atoms with Crippen LogP contribution in [0.2, 0.25) is 0 Å². The lowest BCUT2D eigenvalue weighted by Crippen LogP contribution is -2.37. The molecule has 0 atom stereocenters. The molecule has 0 aliphatic carbocycles. The summed E-state index contributed by atoms with van der Waals surface area (Å²) in [5.41, 5.74) is 1.87. The minimum atomic E-state index is -0.125. The van der Waals surface area contributed by atoms with E-state index in [4.69, 9.17) is 0 Å². The first-order chi connectivity index (χ1) is 11.6. The Morgan fingerprint density at radius 1 is 1.21 bits per heavy atom. The van der Waals surface area contributed by atoms with E-state index in [2.05, 4.69) is 29.0 Å². The van der Waals surface area contributed by atoms with E-state index < -0.39 is 0 Å². The number of benzene rings is 1. The molecule has 1 heterocycles. The molecule has 1 amide bonds. The Labute approximate surface area is 145 Å². The molecule has 1 saturated heterocycles. The second kappa shape index (κ2) is 9.64. The SMILES string of the molecule is CCN(CC)c1ccc(C(=O)NCCCN2CCC(O)CC2)cc1. The van der Waals surface area contributed by atoms with E-state index in [9.17, 15) is 9.90 Å². The quantitative estimate of drug-likeness (QED) is 0.716. The van der Waals surface area contributed by atoms with Gasteiger partial charge in [-0.25, -0.2) is 0 Å². The lowest BCUT2D eigenvalue weighted by molar-refractivity contribution is 0.0816. The number of carbonyl (C=O) groups is 1. The van der Waals surface area contributed by atoms with Crippen molar-refractivity contribution in [2.24, 2.45) is 0 Å². The third-order valence-electron chi connectivity index (χ3n) is 4.75. The van der Waals surface area contributed by atoms with Gasteiger partial charge in [-0.05, 0) is 63.9 Å². The van der Waals surface area contributed by atoms with Crippen LogP contribution in [0.1, 0.15) is 43.5 Å². The number of nitrogens with one attached hydrogen (secondary N) is 1. The van der Waals surface area contributed by atoms with Crippen LogP contribution in [-0.4, -0.2) is 61.3 Å². The molecule has 0 saturated carbocycles. The number of piperidine rings is 1. The standard InChI is InChI=1S/C19H31N3O2/c1-3-22(4-2)17-8-6-16(7-9-17)19(24)20-12-5-13-21-14-10-18(23)11-15-21/h6-9,18,23H,3-5,10-15H2,1-2H3,(H,20,24). The van der Waals surface area contributed by atoms with Gasteiger partial charge in [0.1, 0.15) is 0 Å². The number of carbonyl (C=O) groups excluding carboxylic acids is 1. The summed E-state index contributed by atoms with van der Waals surface area (Å²) in [7, 11) is 0. The molecular weight excluding hydrogens is 302 g/mol. The maximum absolute atomic E-state index is 12.2. The second-order valence-electron chi connectivity index (χ2n) is 6.40. The Morgan fingerprint density at radius 2 is 1.83 bits per heavy atom. The van der Waals surface area contributed by atoms with Crippen molar-refractivity contribution in [3.8, 4) is 0 Å². The van der Waals surface area contributed by atoms with Gasteiger partial charge in [0.05, 0.1) is 6.10 Å². The number of amides is 1. The molecule has 1 aromatic carbocycles. The molecule has 0 unspecified atom stereocenters. The van der Waals surface area contributed by atoms with E-state index in [0.717, 1.165) is 57.7 Å². The first-order valence-corrected chi connectivity index (χ1v) is 9.17. The minimum absolute atomic E-state index is 0.00448. The van der Waals surface area contributed by atoms with Gasteiger partial charge in [0.15, 0.2) is 0 Å². The second-order valence-corrected chi connectivity index (χ2v) is 6.40. The molecule has 5 heteroatoms. The molecular formula is C19H31N3O2. The highest BCUT2D eigenvalue weighted by Gasteiger charge is 2.16. The molecule has 1 fully saturated rings. The summed E-state index contributed by atoms with van der Waals surface area (Å²) >= 11 is 0. The summed E-state index contributed by atoms with van der Waals surface area (Å²) in [5.74, 6) is -0.00448. The van der Waals surface area contributed by atoms with E-state index in [1.807, 2.05) is 24.3 Å². The largest absolute Gasteiger partial charge is 0.393 e. The molecule has 2 N–H and O–H groups in total. The van der Waals surface area contributed by atoms with Crippen LogP contribution in [0, 0.1) is 0 Å². The van der Waals surface area contributed by atoms with Gasteiger partial charge in [-0.2, -0.15) is 0 Å². The minimum Gasteiger partial charge on any atom is -0.393 e. The zero-order chi connectivity index (χ0) is 17.4. The monoisotopic (exact) mass is 333 g/mol. The van der Waals surface area contributed by atoms with Gasteiger partial charge < -0.3 is 20.2 Å². The number of hydrogen-bond donors (Lipinski definition) is 2. The van der Waals surface area contributed by atoms with Crippen molar-refractivity contribution in [2.45, 2.75) is 39.2 Å². The first-order valence-electron chi connectivity index (χ1n) is 9.17. The van der Waals surface area contributed by atoms with Crippen molar-refractivity contribution in [1.82, 2.24) is 10.2 Å². The predicted octanol–water partition coefficient (Wildman–Crippen LogP) is 2.11. The van der Waals surface area contributed by atoms with Crippen LogP contribution < -0.4 is 10.2 Å². The summed E-state index contributed by atoms with van der Waals surface area (Å²) < 4.78 is 0. The van der Waals surface area contributed by atoms with Crippen molar-refractivity contribution in [3.63, 3.8) is 0 Å². The summed E-state index contributed by atoms with van der Waals surface area (Å²) in [4.78, 5) is 16.8. The molecule has 5 nitrogen and oxygen atoms in total. The molecule has 0 bridgehead atoms. The zero-order valence-electron chi connectivity index (χ0n) is 15.0. The van der Waals surface area contributed by atoms with Gasteiger partial charge in [-0.3, -0.25) is 4.79 Å². The number of nitrogens with zero attached hydrogens (tertiary/aromatic N) is 2. The molecule has 1 aromatic rings. The topological polar surface area (TPSA) is 55.8 Å². The van der Waals surface area contributed by atoms with Crippen LogP contribution in [0.15, 0.2) is 24.3 Å². The fourth-order valence-corrected chi connectivity index (χ4v) is 3.16. The average molecular weight is 333 g/mol. The Kier molecular flexibility index (Phi) is 7.53. The van der Waals surface area contributed by atoms with Crippen molar-refractivity contribution >= 4 is 11.6 Å². The van der Waals surface area contributed by atoms with Crippen molar-refractivity contribution in [2.75, 3.05) is 44.2 Å². The number of likely N-dealkylation sites (tertiary alicyclic amines) is 1. The van der Waals surface area contributed by atoms with E-state index in [0.29, 0.717) is 12.1 Å². The van der Waals surface area contributed by atoms with E-state index in [1.54, 1.807) is 0 Å². The molecule has 134 valence electrons. The number of aliphatic hydroxyl groups is 1. The Hall–Kier alpha value is -1.59. The van der Waals surface area contributed by atoms with E-state index in [1.165, 1.54) is 0 Å². The third kappa shape index (κ3) is 5.49. The van der Waals surface area contributed by atoms with Crippen LogP contribution in [0.5, 0.6) is 0 Å². The van der Waals surface area contributed by atoms with Gasteiger partial charge in [0, 0.05) is 44.0 Å². The molecule has 0 spiro atoms. The van der Waals surface area contributed by atoms with Gasteiger partial charge in [0.2, 0.25) is 0 Å². The van der Waals surface area contributed by atoms with Crippen LogP contribution in [0.4, 0.5) is 5.69 Å². The summed E-state index contributed by atoms with van der Waals surface area (Å²) in [6.07, 6.45) is 2.55. The van der Waals surface area contributed by atoms with E-state index in [-0.39, 0.29) is 12.0 Å². The normalized spacial score (nSPS) is 16.1. The molecule has 1 aliphatic rings. The van der Waals surface area contributed by atoms with Crippen molar-refractivity contribution < 1.29 is 9.90 Å². The highest BCUT2D eigenvalue weighted by Crippen LogP contribution is 2.15. The van der Waals surface area contributed by atoms with Gasteiger partial charge in [-0.1, -0.05) is 0 Å². The number of hydrogen-bond acceptors (Lipinski definition) is 4. The van der Waals surface area contributed by atoms with Gasteiger partial charge >= 0.3 is 0 Å². The highest BCUT2D eigenvalue weighted by atomic mass is 16.3. The Morgan fingerprint density at radius 3 is 2.42 bits per heavy atom. The Balaban J connectivity index is 1.70. The summed E-state index contributed by atoms with van der Waals surface area (Å²) in [6.45, 7) is 9.79. The number of anilines is 1. The van der Waals surface area contributed by atoms with Gasteiger partial charge in [0.25, 0.3) is 5.91 Å². The smallest absolute Gasteiger partial charge is 0.251 e. The maximum Gasteiger partial charge on any atom is 0.251 e. The van der Waals surface area contributed by atoms with Crippen molar-refractivity contribution in [1.29, 1.82) is 0 Å². The highest BCUT2D eigenvalue weighted by molar-refractivity contribution is 5.94. The summed E-state index contributed by atoms with van der Waals surface area (Å²) in [5, 5.41) is 12.5. The van der Waals surface area contributed by atoms with Crippen LogP contribution in [-0.2, 0) is 0 Å². The van der Waals surface area contributed by atoms with Crippen LogP contribution in [0.3, 0.4) is 0 Å². The van der Waals surface area contributed by atoms with Gasteiger partial charge in [-0.15, -0.1) is 0 Å². The molecule has 0 aromatic heterocycles. The summed E-state index contributed by atoms with van der Waals surface area (Å²) in [6, 6.07) is 7.83. The zero-order valence-corrected chi connectivity index (χ0v) is 15.0. The number of aliphatic hydroxyl groups excluding tert-OH is 1. The third-order valence-corrected chi connectivity index (χ3v) is 4.75.